The molecule has 2 fully saturated rings. The van der Waals surface area contributed by atoms with Gasteiger partial charge in [0.2, 0.25) is 0 Å². The number of hydrogen-bond donors (Lipinski definition) is 1. The van der Waals surface area contributed by atoms with Gasteiger partial charge in [0, 0.05) is 37.2 Å². The fraction of sp³-hybridized carbons (Fsp3) is 0.423. The molecule has 3 unspecified atom stereocenters. The summed E-state index contributed by atoms with van der Waals surface area (Å²) in [6, 6.07) is 4.73. The van der Waals surface area contributed by atoms with Crippen LogP contribution in [0.15, 0.2) is 35.2 Å². The van der Waals surface area contributed by atoms with E-state index in [4.69, 9.17) is 21.1 Å². The number of rotatable bonds is 7. The lowest BCUT2D eigenvalue weighted by atomic mass is 9.77. The zero-order valence-corrected chi connectivity index (χ0v) is 22.5. The Bertz CT molecular complexity index is 1410. The first-order chi connectivity index (χ1) is 18.2. The van der Waals surface area contributed by atoms with Gasteiger partial charge in [-0.1, -0.05) is 11.6 Å². The standard InChI is InChI=1S/C26H25ClF3NO7S/c1-13(32)37-12-26(38-14(2)33)10-16-3-4-17(11-26)24(16)39(35,36)22-7-15(5-6-19(22)27)25(34)31-18-8-20(28)23(30)21(29)9-18/h5-9,16-17,24H,3-4,10-12H2,1-2H3,(H,31,34)/t16-,17?,24?,26?/m0/s1. The molecular formula is C26H25ClF3NO7S. The molecule has 0 aliphatic heterocycles. The van der Waals surface area contributed by atoms with Gasteiger partial charge in [-0.2, -0.15) is 0 Å². The Hall–Kier alpha value is -3.12. The third kappa shape index (κ3) is 5.91. The van der Waals surface area contributed by atoms with E-state index in [2.05, 4.69) is 5.32 Å². The molecular weight excluding hydrogens is 563 g/mol. The molecule has 2 aromatic rings. The zero-order valence-electron chi connectivity index (χ0n) is 20.9. The number of amides is 1. The van der Waals surface area contributed by atoms with Crippen molar-refractivity contribution in [2.75, 3.05) is 11.9 Å². The van der Waals surface area contributed by atoms with Crippen LogP contribution in [0.25, 0.3) is 0 Å². The van der Waals surface area contributed by atoms with E-state index in [1.807, 2.05) is 0 Å². The molecule has 2 aliphatic rings. The second-order valence-corrected chi connectivity index (χ2v) is 12.4. The lowest BCUT2D eigenvalue weighted by Gasteiger charge is -2.42. The Morgan fingerprint density at radius 1 is 1.00 bits per heavy atom. The molecule has 2 aliphatic carbocycles. The summed E-state index contributed by atoms with van der Waals surface area (Å²) < 4.78 is 78.8. The highest BCUT2D eigenvalue weighted by atomic mass is 35.5. The second-order valence-electron chi connectivity index (χ2n) is 9.93. The lowest BCUT2D eigenvalue weighted by molar-refractivity contribution is -0.177. The molecule has 0 aromatic heterocycles. The maximum atomic E-state index is 13.9. The van der Waals surface area contributed by atoms with E-state index in [1.54, 1.807) is 0 Å². The molecule has 210 valence electrons. The highest BCUT2D eigenvalue weighted by Gasteiger charge is 2.56. The number of benzene rings is 2. The van der Waals surface area contributed by atoms with Crippen LogP contribution in [-0.2, 0) is 28.9 Å². The number of nitrogens with one attached hydrogen (secondary N) is 1. The monoisotopic (exact) mass is 587 g/mol. The summed E-state index contributed by atoms with van der Waals surface area (Å²) in [6.07, 6.45) is 1.35. The quantitative estimate of drug-likeness (QED) is 0.364. The summed E-state index contributed by atoms with van der Waals surface area (Å²) in [7, 11) is -4.12. The first-order valence-corrected chi connectivity index (χ1v) is 14.0. The van der Waals surface area contributed by atoms with Crippen molar-refractivity contribution in [1.82, 2.24) is 0 Å². The number of hydrogen-bond acceptors (Lipinski definition) is 7. The molecule has 4 rings (SSSR count). The number of esters is 2. The summed E-state index contributed by atoms with van der Waals surface area (Å²) in [5, 5.41) is 1.20. The second kappa shape index (κ2) is 10.8. The largest absolute Gasteiger partial charge is 0.462 e. The van der Waals surface area contributed by atoms with Crippen molar-refractivity contribution in [3.63, 3.8) is 0 Å². The minimum atomic E-state index is -4.12. The highest BCUT2D eigenvalue weighted by Crippen LogP contribution is 2.52. The van der Waals surface area contributed by atoms with Gasteiger partial charge >= 0.3 is 11.9 Å². The molecule has 0 heterocycles. The molecule has 2 aromatic carbocycles. The van der Waals surface area contributed by atoms with Crippen LogP contribution in [0.1, 0.15) is 49.9 Å². The molecule has 0 radical (unpaired) electrons. The Kier molecular flexibility index (Phi) is 8.00. The third-order valence-electron chi connectivity index (χ3n) is 7.10. The van der Waals surface area contributed by atoms with Gasteiger partial charge < -0.3 is 14.8 Å². The molecule has 8 nitrogen and oxygen atoms in total. The molecule has 13 heteroatoms. The normalized spacial score (nSPS) is 24.2. The predicted octanol–water partition coefficient (Wildman–Crippen LogP) is 4.84. The number of anilines is 1. The van der Waals surface area contributed by atoms with Gasteiger partial charge in [-0.05, 0) is 55.7 Å². The van der Waals surface area contributed by atoms with E-state index in [9.17, 15) is 36.0 Å². The molecule has 4 atom stereocenters. The van der Waals surface area contributed by atoms with Crippen LogP contribution in [-0.4, -0.2) is 43.7 Å². The van der Waals surface area contributed by atoms with Gasteiger partial charge in [-0.3, -0.25) is 14.4 Å². The minimum absolute atomic E-state index is 0.124. The van der Waals surface area contributed by atoms with E-state index in [1.165, 1.54) is 26.0 Å². The van der Waals surface area contributed by atoms with Crippen LogP contribution in [0.4, 0.5) is 18.9 Å². The van der Waals surface area contributed by atoms with Crippen LogP contribution in [0, 0.1) is 29.3 Å². The van der Waals surface area contributed by atoms with E-state index >= 15 is 0 Å². The van der Waals surface area contributed by atoms with Crippen molar-refractivity contribution in [2.45, 2.75) is 55.3 Å². The first kappa shape index (κ1) is 28.9. The van der Waals surface area contributed by atoms with E-state index in [-0.39, 0.29) is 40.6 Å². The van der Waals surface area contributed by atoms with Gasteiger partial charge in [-0.25, -0.2) is 21.6 Å². The number of halogens is 4. The Morgan fingerprint density at radius 3 is 2.13 bits per heavy atom. The maximum absolute atomic E-state index is 13.9. The van der Waals surface area contributed by atoms with E-state index < -0.39 is 67.8 Å². The number of carbonyl (C=O) groups is 3. The molecule has 2 bridgehead atoms. The highest BCUT2D eigenvalue weighted by molar-refractivity contribution is 7.92. The smallest absolute Gasteiger partial charge is 0.303 e. The number of ether oxygens (including phenoxy) is 2. The van der Waals surface area contributed by atoms with Crippen molar-refractivity contribution in [3.8, 4) is 0 Å². The third-order valence-corrected chi connectivity index (χ3v) is 9.98. The van der Waals surface area contributed by atoms with Gasteiger partial charge in [-0.15, -0.1) is 0 Å². The van der Waals surface area contributed by atoms with Crippen LogP contribution >= 0.6 is 11.6 Å². The van der Waals surface area contributed by atoms with E-state index in [0.717, 1.165) is 6.07 Å². The lowest BCUT2D eigenvalue weighted by Crippen LogP contribution is -2.51. The molecule has 1 amide bonds. The molecule has 0 saturated heterocycles. The topological polar surface area (TPSA) is 116 Å². The maximum Gasteiger partial charge on any atom is 0.303 e. The van der Waals surface area contributed by atoms with Crippen LogP contribution < -0.4 is 5.32 Å². The number of fused-ring (bicyclic) bond motifs is 2. The molecule has 0 spiro atoms. The Morgan fingerprint density at radius 2 is 1.59 bits per heavy atom. The van der Waals surface area contributed by atoms with Gasteiger partial charge in [0.1, 0.15) is 12.2 Å². The van der Waals surface area contributed by atoms with Crippen molar-refractivity contribution in [1.29, 1.82) is 0 Å². The van der Waals surface area contributed by atoms with Gasteiger partial charge in [0.05, 0.1) is 15.2 Å². The summed E-state index contributed by atoms with van der Waals surface area (Å²) in [6.45, 7) is 2.26. The minimum Gasteiger partial charge on any atom is -0.462 e. The Labute approximate surface area is 227 Å². The first-order valence-electron chi connectivity index (χ1n) is 12.0. The summed E-state index contributed by atoms with van der Waals surface area (Å²) in [5.41, 5.74) is -1.67. The van der Waals surface area contributed by atoms with Crippen molar-refractivity contribution in [2.24, 2.45) is 11.8 Å². The number of carbonyl (C=O) groups excluding carboxylic acids is 3. The van der Waals surface area contributed by atoms with Crippen molar-refractivity contribution < 1.29 is 45.4 Å². The average molecular weight is 588 g/mol. The van der Waals surface area contributed by atoms with Gasteiger partial charge in [0.25, 0.3) is 5.91 Å². The Balaban J connectivity index is 1.61. The van der Waals surface area contributed by atoms with Crippen molar-refractivity contribution >= 4 is 45.0 Å². The molecule has 2 saturated carbocycles. The zero-order chi connectivity index (χ0) is 28.7. The van der Waals surface area contributed by atoms with Crippen LogP contribution in [0.3, 0.4) is 0 Å². The van der Waals surface area contributed by atoms with Crippen LogP contribution in [0.2, 0.25) is 5.02 Å². The molecule has 1 N–H and O–H groups in total. The predicted molar refractivity (Wildman–Crippen MR) is 133 cm³/mol. The summed E-state index contributed by atoms with van der Waals surface area (Å²) in [4.78, 5) is 35.7. The van der Waals surface area contributed by atoms with E-state index in [0.29, 0.717) is 25.0 Å². The SMILES string of the molecule is CC(=O)OCC1(OC(C)=O)CC2CC[C@@H](C1)C2S(=O)(=O)c1cc(C(=O)Nc2cc(F)c(F)c(F)c2)ccc1Cl. The summed E-state index contributed by atoms with van der Waals surface area (Å²) >= 11 is 6.27. The average Bonchev–Trinajstić information content (AvgIpc) is 3.14. The molecule has 39 heavy (non-hydrogen) atoms. The summed E-state index contributed by atoms with van der Waals surface area (Å²) in [5.74, 6) is -7.62. The van der Waals surface area contributed by atoms with Gasteiger partial charge in [0.15, 0.2) is 27.3 Å². The van der Waals surface area contributed by atoms with Crippen molar-refractivity contribution in [3.05, 3.63) is 58.4 Å². The number of sulfone groups is 1. The fourth-order valence-corrected chi connectivity index (χ4v) is 8.58. The fourth-order valence-electron chi connectivity index (χ4n) is 5.73. The van der Waals surface area contributed by atoms with Crippen LogP contribution in [0.5, 0.6) is 0 Å².